The molecule has 0 aromatic heterocycles. The highest BCUT2D eigenvalue weighted by Gasteiger charge is 2.17. The van der Waals surface area contributed by atoms with Crippen LogP contribution in [0.3, 0.4) is 0 Å². The Morgan fingerprint density at radius 1 is 1.29 bits per heavy atom. The third-order valence-electron chi connectivity index (χ3n) is 1.19. The van der Waals surface area contributed by atoms with Gasteiger partial charge >= 0.3 is 0 Å². The van der Waals surface area contributed by atoms with Crippen molar-refractivity contribution in [2.24, 2.45) is 5.41 Å². The monoisotopic (exact) mass is 104 g/mol. The molecule has 0 spiro atoms. The molecule has 0 aliphatic rings. The Labute approximate surface area is 44.7 Å². The summed E-state index contributed by atoms with van der Waals surface area (Å²) in [6, 6.07) is 0. The maximum absolute atomic E-state index is 12.2. The molecule has 0 saturated heterocycles. The van der Waals surface area contributed by atoms with E-state index in [1.54, 1.807) is 6.92 Å². The summed E-state index contributed by atoms with van der Waals surface area (Å²) in [6.07, 6.45) is -0.701. The quantitative estimate of drug-likeness (QED) is 0.442. The summed E-state index contributed by atoms with van der Waals surface area (Å²) in [6.45, 7) is 7.24. The Balaban J connectivity index is 3.54. The van der Waals surface area contributed by atoms with Crippen molar-refractivity contribution in [3.63, 3.8) is 0 Å². The van der Waals surface area contributed by atoms with Gasteiger partial charge in [0.15, 0.2) is 0 Å². The van der Waals surface area contributed by atoms with Gasteiger partial charge in [0.25, 0.3) is 0 Å². The average Bonchev–Trinajstić information content (AvgIpc) is 1.31. The highest BCUT2D eigenvalue weighted by atomic mass is 19.1. The van der Waals surface area contributed by atoms with Gasteiger partial charge in [0, 0.05) is 0 Å². The van der Waals surface area contributed by atoms with E-state index in [1.807, 2.05) is 20.8 Å². The zero-order valence-electron chi connectivity index (χ0n) is 5.46. The van der Waals surface area contributed by atoms with Crippen LogP contribution < -0.4 is 0 Å². The summed E-state index contributed by atoms with van der Waals surface area (Å²) < 4.78 is 12.2. The first-order valence-corrected chi connectivity index (χ1v) is 2.58. The molecule has 44 valence electrons. The van der Waals surface area contributed by atoms with Crippen LogP contribution in [0.5, 0.6) is 0 Å². The molecule has 1 atom stereocenters. The normalized spacial score (nSPS) is 16.7. The van der Waals surface area contributed by atoms with Gasteiger partial charge in [-0.15, -0.1) is 0 Å². The van der Waals surface area contributed by atoms with E-state index < -0.39 is 6.17 Å². The van der Waals surface area contributed by atoms with E-state index in [1.165, 1.54) is 0 Å². The highest BCUT2D eigenvalue weighted by molar-refractivity contribution is 4.67. The third kappa shape index (κ3) is 2.60. The zero-order chi connectivity index (χ0) is 6.08. The van der Waals surface area contributed by atoms with Crippen LogP contribution in [0.1, 0.15) is 27.7 Å². The van der Waals surface area contributed by atoms with Crippen molar-refractivity contribution >= 4 is 0 Å². The maximum Gasteiger partial charge on any atom is 0.102 e. The SMILES string of the molecule is C[C@H](F)C(C)(C)C. The van der Waals surface area contributed by atoms with E-state index in [2.05, 4.69) is 0 Å². The molecule has 0 aromatic rings. The lowest BCUT2D eigenvalue weighted by atomic mass is 9.92. The summed E-state index contributed by atoms with van der Waals surface area (Å²) in [7, 11) is 0. The van der Waals surface area contributed by atoms with Crippen LogP contribution in [-0.2, 0) is 0 Å². The Morgan fingerprint density at radius 3 is 1.43 bits per heavy atom. The van der Waals surface area contributed by atoms with Gasteiger partial charge in [0.2, 0.25) is 0 Å². The number of rotatable bonds is 0. The van der Waals surface area contributed by atoms with E-state index >= 15 is 0 Å². The molecule has 0 N–H and O–H groups in total. The predicted molar refractivity (Wildman–Crippen MR) is 30.0 cm³/mol. The summed E-state index contributed by atoms with van der Waals surface area (Å²) in [5.41, 5.74) is -0.167. The topological polar surface area (TPSA) is 0 Å². The second-order valence-electron chi connectivity index (χ2n) is 2.98. The Hall–Kier alpha value is -0.0700. The number of hydrogen-bond donors (Lipinski definition) is 0. The lowest BCUT2D eigenvalue weighted by Gasteiger charge is -2.18. The van der Waals surface area contributed by atoms with Crippen molar-refractivity contribution in [1.82, 2.24) is 0 Å². The first-order chi connectivity index (χ1) is 2.94. The average molecular weight is 104 g/mol. The maximum atomic E-state index is 12.2. The minimum atomic E-state index is -0.701. The largest absolute Gasteiger partial charge is 0.247 e. The van der Waals surface area contributed by atoms with Crippen molar-refractivity contribution in [2.75, 3.05) is 0 Å². The lowest BCUT2D eigenvalue weighted by molar-refractivity contribution is 0.182. The second kappa shape index (κ2) is 1.81. The van der Waals surface area contributed by atoms with E-state index in [-0.39, 0.29) is 5.41 Å². The van der Waals surface area contributed by atoms with Gasteiger partial charge in [0.05, 0.1) is 0 Å². The molecule has 0 heterocycles. The van der Waals surface area contributed by atoms with Crippen LogP contribution in [0.4, 0.5) is 4.39 Å². The van der Waals surface area contributed by atoms with E-state index in [0.29, 0.717) is 0 Å². The molecule has 1 heteroatoms. The predicted octanol–water partition coefficient (Wildman–Crippen LogP) is 2.39. The number of alkyl halides is 1. The van der Waals surface area contributed by atoms with Crippen molar-refractivity contribution in [2.45, 2.75) is 33.9 Å². The van der Waals surface area contributed by atoms with E-state index in [4.69, 9.17) is 0 Å². The minimum absolute atomic E-state index is 0.167. The summed E-state index contributed by atoms with van der Waals surface area (Å²) in [4.78, 5) is 0. The van der Waals surface area contributed by atoms with Crippen molar-refractivity contribution in [1.29, 1.82) is 0 Å². The van der Waals surface area contributed by atoms with Gasteiger partial charge in [-0.1, -0.05) is 20.8 Å². The van der Waals surface area contributed by atoms with Crippen molar-refractivity contribution < 1.29 is 4.39 Å². The molecule has 0 nitrogen and oxygen atoms in total. The van der Waals surface area contributed by atoms with Crippen molar-refractivity contribution in [3.8, 4) is 0 Å². The first-order valence-electron chi connectivity index (χ1n) is 2.58. The molecule has 0 rings (SSSR count). The standard InChI is InChI=1S/C6H13F/c1-5(7)6(2,3)4/h5H,1-4H3/t5-/m0/s1. The molecule has 0 radical (unpaired) electrons. The van der Waals surface area contributed by atoms with E-state index in [9.17, 15) is 4.39 Å². The van der Waals surface area contributed by atoms with Gasteiger partial charge in [-0.3, -0.25) is 0 Å². The number of hydrogen-bond acceptors (Lipinski definition) is 0. The lowest BCUT2D eigenvalue weighted by Crippen LogP contribution is -2.17. The van der Waals surface area contributed by atoms with Crippen molar-refractivity contribution in [3.05, 3.63) is 0 Å². The third-order valence-corrected chi connectivity index (χ3v) is 1.19. The number of halogens is 1. The molecule has 0 fully saturated rings. The van der Waals surface area contributed by atoms with Gasteiger partial charge in [-0.25, -0.2) is 4.39 Å². The van der Waals surface area contributed by atoms with Crippen LogP contribution in [-0.4, -0.2) is 6.17 Å². The molecular formula is C6H13F. The molecular weight excluding hydrogens is 91.1 g/mol. The smallest absolute Gasteiger partial charge is 0.102 e. The Bertz CT molecular complexity index is 49.7. The molecule has 0 amide bonds. The fourth-order valence-corrected chi connectivity index (χ4v) is 0. The van der Waals surface area contributed by atoms with Crippen LogP contribution >= 0.6 is 0 Å². The van der Waals surface area contributed by atoms with Gasteiger partial charge in [0.1, 0.15) is 6.17 Å². The zero-order valence-corrected chi connectivity index (χ0v) is 5.46. The molecule has 0 aliphatic heterocycles. The molecule has 0 aromatic carbocycles. The van der Waals surface area contributed by atoms with Crippen LogP contribution in [0.2, 0.25) is 0 Å². The fourth-order valence-electron chi connectivity index (χ4n) is 0. The van der Waals surface area contributed by atoms with Crippen LogP contribution in [0.15, 0.2) is 0 Å². The minimum Gasteiger partial charge on any atom is -0.247 e. The van der Waals surface area contributed by atoms with Crippen LogP contribution in [0, 0.1) is 5.41 Å². The van der Waals surface area contributed by atoms with E-state index in [0.717, 1.165) is 0 Å². The fraction of sp³-hybridized carbons (Fsp3) is 1.00. The second-order valence-corrected chi connectivity index (χ2v) is 2.98. The Kier molecular flexibility index (Phi) is 1.79. The summed E-state index contributed by atoms with van der Waals surface area (Å²) in [5.74, 6) is 0. The van der Waals surface area contributed by atoms with Gasteiger partial charge in [-0.2, -0.15) is 0 Å². The Morgan fingerprint density at radius 2 is 1.43 bits per heavy atom. The van der Waals surface area contributed by atoms with Crippen LogP contribution in [0.25, 0.3) is 0 Å². The molecule has 0 bridgehead atoms. The molecule has 0 aliphatic carbocycles. The van der Waals surface area contributed by atoms with Gasteiger partial charge < -0.3 is 0 Å². The first kappa shape index (κ1) is 6.93. The molecule has 0 saturated carbocycles. The van der Waals surface area contributed by atoms with Gasteiger partial charge in [-0.05, 0) is 12.3 Å². The molecule has 7 heavy (non-hydrogen) atoms. The summed E-state index contributed by atoms with van der Waals surface area (Å²) in [5, 5.41) is 0. The summed E-state index contributed by atoms with van der Waals surface area (Å²) >= 11 is 0. The highest BCUT2D eigenvalue weighted by Crippen LogP contribution is 2.20. The molecule has 0 unspecified atom stereocenters.